The smallest absolute Gasteiger partial charge is 0.251 e. The Morgan fingerprint density at radius 3 is 2.45 bits per heavy atom. The van der Waals surface area contributed by atoms with Crippen LogP contribution in [0.25, 0.3) is 0 Å². The maximum Gasteiger partial charge on any atom is 0.251 e. The van der Waals surface area contributed by atoms with Crippen molar-refractivity contribution in [1.82, 2.24) is 5.32 Å². The van der Waals surface area contributed by atoms with Gasteiger partial charge in [-0.2, -0.15) is 0 Å². The Morgan fingerprint density at radius 1 is 1.07 bits per heavy atom. The quantitative estimate of drug-likeness (QED) is 0.662. The average Bonchev–Trinajstić information content (AvgIpc) is 2.67. The van der Waals surface area contributed by atoms with Crippen molar-refractivity contribution in [2.75, 3.05) is 20.3 Å². The molecule has 2 aromatic rings. The summed E-state index contributed by atoms with van der Waals surface area (Å²) in [7, 11) is 1.62. The largest absolute Gasteiger partial charge is 0.493 e. The molecule has 0 aliphatic carbocycles. The van der Waals surface area contributed by atoms with E-state index in [1.54, 1.807) is 13.2 Å². The van der Waals surface area contributed by atoms with E-state index >= 15 is 0 Å². The number of ether oxygens (including phenoxy) is 3. The van der Waals surface area contributed by atoms with Crippen molar-refractivity contribution >= 4 is 5.91 Å². The first-order valence-corrected chi connectivity index (χ1v) is 10.0. The predicted octanol–water partition coefficient (Wildman–Crippen LogP) is 4.73. The van der Waals surface area contributed by atoms with Crippen LogP contribution in [0.1, 0.15) is 56.1 Å². The molecule has 0 saturated heterocycles. The Balaban J connectivity index is 2.24. The minimum Gasteiger partial charge on any atom is -0.493 e. The van der Waals surface area contributed by atoms with E-state index in [2.05, 4.69) is 32.2 Å². The Bertz CT molecular complexity index is 811. The number of hydrogen-bond acceptors (Lipinski definition) is 4. The molecule has 0 fully saturated rings. The van der Waals surface area contributed by atoms with Gasteiger partial charge in [0.25, 0.3) is 5.91 Å². The molecule has 1 atom stereocenters. The second kappa shape index (κ2) is 10.3. The molecule has 0 radical (unpaired) electrons. The summed E-state index contributed by atoms with van der Waals surface area (Å²) in [5, 5.41) is 2.93. The third-order valence-electron chi connectivity index (χ3n) is 4.49. The van der Waals surface area contributed by atoms with Crippen LogP contribution >= 0.6 is 0 Å². The summed E-state index contributed by atoms with van der Waals surface area (Å²) in [5.74, 6) is 1.42. The Kier molecular flexibility index (Phi) is 8.09. The molecule has 0 unspecified atom stereocenters. The number of para-hydroxylation sites is 1. The van der Waals surface area contributed by atoms with Gasteiger partial charge in [-0.05, 0) is 49.1 Å². The first-order valence-electron chi connectivity index (χ1n) is 10.0. The van der Waals surface area contributed by atoms with E-state index in [0.29, 0.717) is 25.4 Å². The van der Waals surface area contributed by atoms with Crippen LogP contribution < -0.4 is 14.8 Å². The summed E-state index contributed by atoms with van der Waals surface area (Å²) in [6.45, 7) is 11.6. The number of nitrogens with one attached hydrogen (secondary N) is 1. The lowest BCUT2D eigenvalue weighted by molar-refractivity contribution is 0.0905. The molecule has 0 heterocycles. The number of carbonyl (C=O) groups is 1. The van der Waals surface area contributed by atoms with Gasteiger partial charge in [0.05, 0.1) is 13.2 Å². The van der Waals surface area contributed by atoms with Crippen LogP contribution in [0.2, 0.25) is 0 Å². The zero-order valence-electron chi connectivity index (χ0n) is 18.4. The fourth-order valence-corrected chi connectivity index (χ4v) is 3.10. The highest BCUT2D eigenvalue weighted by Gasteiger charge is 2.19. The molecule has 5 heteroatoms. The van der Waals surface area contributed by atoms with Crippen LogP contribution in [-0.4, -0.2) is 32.3 Å². The molecule has 0 spiro atoms. The third kappa shape index (κ3) is 6.50. The molecule has 0 aliphatic heterocycles. The second-order valence-electron chi connectivity index (χ2n) is 8.12. The molecule has 0 bridgehead atoms. The van der Waals surface area contributed by atoms with Crippen molar-refractivity contribution in [2.24, 2.45) is 0 Å². The summed E-state index contributed by atoms with van der Waals surface area (Å²) in [6.07, 6.45) is 0. The molecule has 29 heavy (non-hydrogen) atoms. The Hall–Kier alpha value is -2.53. The molecule has 1 amide bonds. The van der Waals surface area contributed by atoms with Gasteiger partial charge in [0.1, 0.15) is 18.1 Å². The SMILES string of the molecule is CCOc1ccc(C(=O)N[C@H](C)COC)cc1COc1ccccc1C(C)(C)C. The fraction of sp³-hybridized carbons (Fsp3) is 0.458. The highest BCUT2D eigenvalue weighted by Crippen LogP contribution is 2.32. The van der Waals surface area contributed by atoms with Crippen molar-refractivity contribution < 1.29 is 19.0 Å². The zero-order chi connectivity index (χ0) is 21.4. The third-order valence-corrected chi connectivity index (χ3v) is 4.49. The van der Waals surface area contributed by atoms with Gasteiger partial charge < -0.3 is 19.5 Å². The highest BCUT2D eigenvalue weighted by atomic mass is 16.5. The van der Waals surface area contributed by atoms with Crippen LogP contribution in [0, 0.1) is 0 Å². The number of hydrogen-bond donors (Lipinski definition) is 1. The normalized spacial score (nSPS) is 12.3. The van der Waals surface area contributed by atoms with Gasteiger partial charge >= 0.3 is 0 Å². The van der Waals surface area contributed by atoms with Crippen LogP contribution in [0.4, 0.5) is 0 Å². The molecule has 2 rings (SSSR count). The first kappa shape index (κ1) is 22.8. The topological polar surface area (TPSA) is 56.8 Å². The number of methoxy groups -OCH3 is 1. The van der Waals surface area contributed by atoms with Crippen molar-refractivity contribution in [3.8, 4) is 11.5 Å². The molecule has 5 nitrogen and oxygen atoms in total. The molecule has 0 aliphatic rings. The van der Waals surface area contributed by atoms with E-state index in [1.807, 2.05) is 44.2 Å². The second-order valence-corrected chi connectivity index (χ2v) is 8.12. The van der Waals surface area contributed by atoms with Gasteiger partial charge in [-0.1, -0.05) is 39.0 Å². The van der Waals surface area contributed by atoms with E-state index in [9.17, 15) is 4.79 Å². The molecule has 0 saturated carbocycles. The van der Waals surface area contributed by atoms with Gasteiger partial charge in [0.15, 0.2) is 0 Å². The first-order chi connectivity index (χ1) is 13.8. The van der Waals surface area contributed by atoms with E-state index in [-0.39, 0.29) is 17.4 Å². The molecule has 158 valence electrons. The van der Waals surface area contributed by atoms with E-state index in [1.165, 1.54) is 0 Å². The number of amides is 1. The lowest BCUT2D eigenvalue weighted by Gasteiger charge is -2.23. The van der Waals surface area contributed by atoms with E-state index < -0.39 is 0 Å². The maximum atomic E-state index is 12.6. The minimum atomic E-state index is -0.144. The van der Waals surface area contributed by atoms with Gasteiger partial charge in [-0.15, -0.1) is 0 Å². The monoisotopic (exact) mass is 399 g/mol. The molecular weight excluding hydrogens is 366 g/mol. The van der Waals surface area contributed by atoms with Crippen LogP contribution in [0.15, 0.2) is 42.5 Å². The minimum absolute atomic E-state index is 0.0292. The number of benzene rings is 2. The summed E-state index contributed by atoms with van der Waals surface area (Å²) >= 11 is 0. The highest BCUT2D eigenvalue weighted by molar-refractivity contribution is 5.94. The van der Waals surface area contributed by atoms with Crippen molar-refractivity contribution in [2.45, 2.75) is 52.7 Å². The predicted molar refractivity (Wildman–Crippen MR) is 116 cm³/mol. The molecule has 0 aromatic heterocycles. The standard InChI is InChI=1S/C24H33NO4/c1-7-28-21-13-12-18(23(26)25-17(2)15-27-6)14-19(21)16-29-22-11-9-8-10-20(22)24(3,4)5/h8-14,17H,7,15-16H2,1-6H3,(H,25,26)/t17-/m1/s1. The molecule has 2 aromatic carbocycles. The summed E-state index contributed by atoms with van der Waals surface area (Å²) in [6, 6.07) is 13.4. The molecule has 1 N–H and O–H groups in total. The van der Waals surface area contributed by atoms with Gasteiger partial charge in [-0.3, -0.25) is 4.79 Å². The fourth-order valence-electron chi connectivity index (χ4n) is 3.10. The molecular formula is C24H33NO4. The van der Waals surface area contributed by atoms with Crippen molar-refractivity contribution in [1.29, 1.82) is 0 Å². The summed E-state index contributed by atoms with van der Waals surface area (Å²) < 4.78 is 17.0. The lowest BCUT2D eigenvalue weighted by Crippen LogP contribution is -2.35. The van der Waals surface area contributed by atoms with Crippen LogP contribution in [0.5, 0.6) is 11.5 Å². The number of carbonyl (C=O) groups excluding carboxylic acids is 1. The average molecular weight is 400 g/mol. The van der Waals surface area contributed by atoms with Gasteiger partial charge in [-0.25, -0.2) is 0 Å². The van der Waals surface area contributed by atoms with Crippen LogP contribution in [0.3, 0.4) is 0 Å². The van der Waals surface area contributed by atoms with Crippen LogP contribution in [-0.2, 0) is 16.8 Å². The van der Waals surface area contributed by atoms with Gasteiger partial charge in [0, 0.05) is 24.3 Å². The maximum absolute atomic E-state index is 12.6. The summed E-state index contributed by atoms with van der Waals surface area (Å²) in [4.78, 5) is 12.6. The lowest BCUT2D eigenvalue weighted by atomic mass is 9.86. The Morgan fingerprint density at radius 2 is 1.79 bits per heavy atom. The van der Waals surface area contributed by atoms with E-state index in [0.717, 1.165) is 22.6 Å². The Labute approximate surface area is 174 Å². The van der Waals surface area contributed by atoms with Crippen molar-refractivity contribution in [3.63, 3.8) is 0 Å². The zero-order valence-corrected chi connectivity index (χ0v) is 18.4. The van der Waals surface area contributed by atoms with E-state index in [4.69, 9.17) is 14.2 Å². The van der Waals surface area contributed by atoms with Gasteiger partial charge in [0.2, 0.25) is 0 Å². The van der Waals surface area contributed by atoms with Crippen molar-refractivity contribution in [3.05, 3.63) is 59.2 Å². The summed E-state index contributed by atoms with van der Waals surface area (Å²) in [5.41, 5.74) is 2.51. The number of rotatable bonds is 9.